The van der Waals surface area contributed by atoms with Crippen LogP contribution in [-0.4, -0.2) is 12.1 Å². The van der Waals surface area contributed by atoms with Gasteiger partial charge in [0.2, 0.25) is 0 Å². The molecule has 3 rings (SSSR count). The fraction of sp³-hybridized carbons (Fsp3) is 0.0526. The van der Waals surface area contributed by atoms with Crippen LogP contribution in [0.25, 0.3) is 16.8 Å². The largest absolute Gasteiger partial charge is 0.497 e. The van der Waals surface area contributed by atoms with E-state index in [4.69, 9.17) is 4.74 Å². The molecule has 0 unspecified atom stereocenters. The highest BCUT2D eigenvalue weighted by atomic mass is 32.1. The lowest BCUT2D eigenvalue weighted by Crippen LogP contribution is -1.93. The van der Waals surface area contributed by atoms with Crippen molar-refractivity contribution < 1.29 is 9.13 Å². The van der Waals surface area contributed by atoms with Crippen molar-refractivity contribution in [3.05, 3.63) is 70.9 Å². The van der Waals surface area contributed by atoms with Gasteiger partial charge < -0.3 is 10.1 Å². The Morgan fingerprint density at radius 1 is 1.24 bits per heavy atom. The highest BCUT2D eigenvalue weighted by Gasteiger charge is 2.09. The molecule has 0 radical (unpaired) electrons. The molecule has 3 aromatic rings. The first kappa shape index (κ1) is 16.7. The Hall–Kier alpha value is -3.17. The van der Waals surface area contributed by atoms with Gasteiger partial charge in [-0.05, 0) is 36.4 Å². The van der Waals surface area contributed by atoms with E-state index in [0.29, 0.717) is 16.3 Å². The molecule has 1 aromatic heterocycles. The number of hydrogen-bond acceptors (Lipinski definition) is 5. The van der Waals surface area contributed by atoms with Crippen molar-refractivity contribution in [2.24, 2.45) is 0 Å². The molecule has 0 saturated carbocycles. The summed E-state index contributed by atoms with van der Waals surface area (Å²) in [7, 11) is 1.61. The molecule has 6 heteroatoms. The molecule has 0 amide bonds. The first-order chi connectivity index (χ1) is 12.2. The van der Waals surface area contributed by atoms with E-state index in [1.807, 2.05) is 29.6 Å². The van der Waals surface area contributed by atoms with Crippen LogP contribution in [0.4, 0.5) is 10.1 Å². The van der Waals surface area contributed by atoms with Crippen LogP contribution in [0.1, 0.15) is 5.01 Å². The minimum absolute atomic E-state index is 0.308. The van der Waals surface area contributed by atoms with Gasteiger partial charge in [-0.1, -0.05) is 12.1 Å². The van der Waals surface area contributed by atoms with Crippen LogP contribution in [0.15, 0.2) is 60.1 Å². The second-order valence-electron chi connectivity index (χ2n) is 5.06. The zero-order valence-corrected chi connectivity index (χ0v) is 14.2. The monoisotopic (exact) mass is 351 g/mol. The number of rotatable bonds is 5. The number of aromatic nitrogens is 1. The number of allylic oxidation sites excluding steroid dienone is 1. The van der Waals surface area contributed by atoms with Crippen molar-refractivity contribution in [3.8, 4) is 23.1 Å². The summed E-state index contributed by atoms with van der Waals surface area (Å²) in [5.74, 6) is 0.389. The van der Waals surface area contributed by atoms with Gasteiger partial charge in [-0.3, -0.25) is 0 Å². The molecule has 0 bridgehead atoms. The van der Waals surface area contributed by atoms with Gasteiger partial charge in [0.05, 0.1) is 18.5 Å². The lowest BCUT2D eigenvalue weighted by atomic mass is 10.2. The number of nitriles is 1. The molecule has 0 spiro atoms. The van der Waals surface area contributed by atoms with E-state index in [1.165, 1.54) is 23.6 Å². The Labute approximate surface area is 148 Å². The predicted octanol–water partition coefficient (Wildman–Crippen LogP) is 4.93. The molecule has 124 valence electrons. The first-order valence-corrected chi connectivity index (χ1v) is 8.31. The van der Waals surface area contributed by atoms with E-state index >= 15 is 0 Å². The number of nitrogens with zero attached hydrogens (tertiary/aromatic N) is 2. The quantitative estimate of drug-likeness (QED) is 0.662. The zero-order valence-electron chi connectivity index (χ0n) is 13.4. The predicted molar refractivity (Wildman–Crippen MR) is 97.7 cm³/mol. The van der Waals surface area contributed by atoms with Crippen LogP contribution < -0.4 is 10.1 Å². The van der Waals surface area contributed by atoms with Gasteiger partial charge in [0.1, 0.15) is 28.2 Å². The van der Waals surface area contributed by atoms with Crippen molar-refractivity contribution in [2.75, 3.05) is 12.4 Å². The molecule has 0 atom stereocenters. The molecule has 0 aliphatic heterocycles. The topological polar surface area (TPSA) is 57.9 Å². The van der Waals surface area contributed by atoms with E-state index in [9.17, 15) is 9.65 Å². The van der Waals surface area contributed by atoms with E-state index in [0.717, 1.165) is 17.0 Å². The standard InChI is InChI=1S/C19H14FN3OS/c1-24-15-8-6-13(7-9-15)18-12-25-19(23-18)14(10-21)11-22-17-5-3-2-4-16(17)20/h2-9,11-12,22H,1H3/b14-11-. The van der Waals surface area contributed by atoms with Gasteiger partial charge in [0, 0.05) is 17.1 Å². The number of benzene rings is 2. The second-order valence-corrected chi connectivity index (χ2v) is 5.92. The summed E-state index contributed by atoms with van der Waals surface area (Å²) in [6.45, 7) is 0. The van der Waals surface area contributed by atoms with Crippen LogP contribution in [-0.2, 0) is 0 Å². The van der Waals surface area contributed by atoms with E-state index in [-0.39, 0.29) is 5.82 Å². The minimum atomic E-state index is -0.380. The van der Waals surface area contributed by atoms with Gasteiger partial charge in [0.25, 0.3) is 0 Å². The molecule has 0 fully saturated rings. The Kier molecular flexibility index (Phi) is 5.07. The molecular weight excluding hydrogens is 337 g/mol. The maximum absolute atomic E-state index is 13.6. The summed E-state index contributed by atoms with van der Waals surface area (Å²) >= 11 is 1.36. The summed E-state index contributed by atoms with van der Waals surface area (Å²) in [6, 6.07) is 15.9. The minimum Gasteiger partial charge on any atom is -0.497 e. The van der Waals surface area contributed by atoms with Gasteiger partial charge in [-0.15, -0.1) is 11.3 Å². The lowest BCUT2D eigenvalue weighted by molar-refractivity contribution is 0.415. The van der Waals surface area contributed by atoms with Crippen LogP contribution in [0.5, 0.6) is 5.75 Å². The summed E-state index contributed by atoms with van der Waals surface area (Å²) < 4.78 is 18.8. The summed E-state index contributed by atoms with van der Waals surface area (Å²) in [5, 5.41) is 14.6. The molecule has 4 nitrogen and oxygen atoms in total. The van der Waals surface area contributed by atoms with Gasteiger partial charge in [0.15, 0.2) is 0 Å². The van der Waals surface area contributed by atoms with Crippen molar-refractivity contribution >= 4 is 22.6 Å². The van der Waals surface area contributed by atoms with E-state index in [1.54, 1.807) is 25.3 Å². The van der Waals surface area contributed by atoms with Crippen LogP contribution in [0.3, 0.4) is 0 Å². The third-order valence-corrected chi connectivity index (χ3v) is 4.36. The van der Waals surface area contributed by atoms with E-state index in [2.05, 4.69) is 16.4 Å². The Bertz CT molecular complexity index is 942. The third-order valence-electron chi connectivity index (χ3n) is 3.49. The fourth-order valence-electron chi connectivity index (χ4n) is 2.16. The van der Waals surface area contributed by atoms with Gasteiger partial charge in [-0.2, -0.15) is 5.26 Å². The van der Waals surface area contributed by atoms with Crippen molar-refractivity contribution in [2.45, 2.75) is 0 Å². The zero-order chi connectivity index (χ0) is 17.6. The summed E-state index contributed by atoms with van der Waals surface area (Å²) in [5.41, 5.74) is 2.35. The molecule has 0 aliphatic carbocycles. The molecule has 2 aromatic carbocycles. The van der Waals surface area contributed by atoms with E-state index < -0.39 is 0 Å². The second kappa shape index (κ2) is 7.60. The van der Waals surface area contributed by atoms with Crippen LogP contribution in [0, 0.1) is 17.1 Å². The molecule has 0 saturated heterocycles. The normalized spacial score (nSPS) is 11.0. The van der Waals surface area contributed by atoms with Crippen molar-refractivity contribution in [1.29, 1.82) is 5.26 Å². The Balaban J connectivity index is 1.82. The Morgan fingerprint density at radius 3 is 2.68 bits per heavy atom. The average Bonchev–Trinajstić information content (AvgIpc) is 3.14. The number of ether oxygens (including phenoxy) is 1. The Morgan fingerprint density at radius 2 is 2.00 bits per heavy atom. The van der Waals surface area contributed by atoms with Crippen molar-refractivity contribution in [3.63, 3.8) is 0 Å². The van der Waals surface area contributed by atoms with Gasteiger partial charge in [-0.25, -0.2) is 9.37 Å². The number of nitrogens with one attached hydrogen (secondary N) is 1. The molecular formula is C19H14FN3OS. The molecule has 0 aliphatic rings. The highest BCUT2D eigenvalue weighted by molar-refractivity contribution is 7.11. The highest BCUT2D eigenvalue weighted by Crippen LogP contribution is 2.27. The van der Waals surface area contributed by atoms with Crippen LogP contribution in [0.2, 0.25) is 0 Å². The number of hydrogen-bond donors (Lipinski definition) is 1. The molecule has 25 heavy (non-hydrogen) atoms. The number of para-hydroxylation sites is 1. The number of thiazole rings is 1. The number of halogens is 1. The van der Waals surface area contributed by atoms with Crippen LogP contribution >= 0.6 is 11.3 Å². The number of methoxy groups -OCH3 is 1. The maximum Gasteiger partial charge on any atom is 0.146 e. The first-order valence-electron chi connectivity index (χ1n) is 7.43. The third kappa shape index (κ3) is 3.84. The van der Waals surface area contributed by atoms with Gasteiger partial charge >= 0.3 is 0 Å². The summed E-state index contributed by atoms with van der Waals surface area (Å²) in [4.78, 5) is 4.50. The number of anilines is 1. The summed E-state index contributed by atoms with van der Waals surface area (Å²) in [6.07, 6.45) is 1.47. The average molecular weight is 351 g/mol. The smallest absolute Gasteiger partial charge is 0.146 e. The fourth-order valence-corrected chi connectivity index (χ4v) is 2.96. The SMILES string of the molecule is COc1ccc(-c2csc(/C(C#N)=C\Nc3ccccc3F)n2)cc1. The molecule has 1 heterocycles. The molecule has 1 N–H and O–H groups in total. The van der Waals surface area contributed by atoms with Crippen molar-refractivity contribution in [1.82, 2.24) is 4.98 Å². The lowest BCUT2D eigenvalue weighted by Gasteiger charge is -2.02. The maximum atomic E-state index is 13.6.